The Bertz CT molecular complexity index is 3930. The standard InChI is InChI=1S/C92H148N2O35/c1-39(45-16-17-46-44-15-14-42-31-43(98)21-24-86(42,6)48(44)32-55(100)91(45,46)11)13-20-58(102)93-29-30-94-77(115)73-70(114)72(124-78-67(111)61(105)50(99)37-118-78)76(128-80-69(113)65(109)63(107)52(36-96)122-80)83(125-73)123-57-23-25-87(7)53(88(57,8)38-97)22-26-89(9)54(87)19-18-47-49-33-85(4,5)27-28-92(49,56(101)34-90(47,89)10)84(116)129-81-74(66(110)59(103)40(2)119-81)126-82-75(71(117-12)60(104)41(3)120-82)127-79-68(112)64(108)62(106)51(35-95)121-79/h18,38-46,48-57,59-76,78-83,95-96,98-101,103-114H,13-17,19-37H2,1-12H3,(H,93,102)(H,94,115)/t39-,40?,41?,42-,43-,44+,45-,46+,48+,49?,50?,51?,52?,53?,54?,55+,56-,57+,59?,60?,61?,62?,63?,64?,65?,66?,67?,68?,69?,70?,71?,72?,73?,74?,75?,76?,78?,79?,80?,81?,82?,83?,86+,87+,88+,89-,90-,91-,92-/m1/s1. The normalized spacial score (nSPS) is 53.3. The number of fused-ring (bicyclic) bond motifs is 12. The van der Waals surface area contributed by atoms with Crippen LogP contribution in [0.25, 0.3) is 0 Å². The quantitative estimate of drug-likeness (QED) is 0.0177. The number of carbonyl (C=O) groups excluding carboxylic acids is 4. The molecule has 15 aliphatic rings. The third kappa shape index (κ3) is 17.2. The first kappa shape index (κ1) is 100. The van der Waals surface area contributed by atoms with E-state index >= 15 is 4.79 Å². The van der Waals surface area contributed by atoms with Gasteiger partial charge in [0.1, 0.15) is 128 Å². The summed E-state index contributed by atoms with van der Waals surface area (Å²) in [5, 5.41) is 209. The molecule has 37 heteroatoms. The molecule has 32 unspecified atom stereocenters. The Balaban J connectivity index is 0.666. The maximum Gasteiger partial charge on any atom is 0.317 e. The number of rotatable bonds is 24. The van der Waals surface area contributed by atoms with Crippen molar-refractivity contribution >= 4 is 24.1 Å². The number of esters is 1. The first-order chi connectivity index (χ1) is 60.8. The van der Waals surface area contributed by atoms with Crippen LogP contribution in [0.2, 0.25) is 0 Å². The summed E-state index contributed by atoms with van der Waals surface area (Å²) in [6, 6.07) is 0. The first-order valence-electron chi connectivity index (χ1n) is 47.5. The van der Waals surface area contributed by atoms with Crippen LogP contribution < -0.4 is 10.6 Å². The molecule has 6 heterocycles. The van der Waals surface area contributed by atoms with E-state index in [1.165, 1.54) is 21.0 Å². The molecular weight excluding hydrogens is 1690 g/mol. The molecule has 6 saturated heterocycles. The third-order valence-electron chi connectivity index (χ3n) is 36.5. The molecule has 14 fully saturated rings. The number of aliphatic hydroxyl groups is 18. The number of nitrogens with one attached hydrogen (secondary N) is 2. The van der Waals surface area contributed by atoms with Gasteiger partial charge in [-0.2, -0.15) is 0 Å². The second kappa shape index (κ2) is 38.1. The van der Waals surface area contributed by atoms with Gasteiger partial charge < -0.3 is 169 Å². The summed E-state index contributed by atoms with van der Waals surface area (Å²) in [5.41, 5.74) is -5.13. The van der Waals surface area contributed by atoms with Crippen molar-refractivity contribution in [3.05, 3.63) is 11.6 Å². The molecule has 2 amide bonds. The Labute approximate surface area is 753 Å². The van der Waals surface area contributed by atoms with Gasteiger partial charge in [0, 0.05) is 26.6 Å². The van der Waals surface area contributed by atoms with E-state index in [4.69, 9.17) is 61.6 Å². The van der Waals surface area contributed by atoms with Crippen LogP contribution in [0.3, 0.4) is 0 Å². The molecule has 6 aliphatic heterocycles. The van der Waals surface area contributed by atoms with E-state index in [0.29, 0.717) is 68.6 Å². The van der Waals surface area contributed by atoms with Gasteiger partial charge in [0.15, 0.2) is 43.7 Å². The topological polar surface area (TPSA) is 576 Å². The lowest BCUT2D eigenvalue weighted by Gasteiger charge is -2.71. The molecule has 0 spiro atoms. The molecule has 0 aromatic heterocycles. The number of amides is 2. The Kier molecular flexibility index (Phi) is 29.5. The van der Waals surface area contributed by atoms with Crippen LogP contribution in [-0.4, -0.2) is 359 Å². The monoisotopic (exact) mass is 1840 g/mol. The van der Waals surface area contributed by atoms with Gasteiger partial charge in [-0.25, -0.2) is 0 Å². The van der Waals surface area contributed by atoms with E-state index in [9.17, 15) is 106 Å². The number of aldehydes is 1. The van der Waals surface area contributed by atoms with Crippen molar-refractivity contribution in [1.29, 1.82) is 0 Å². The predicted octanol–water partition coefficient (Wildman–Crippen LogP) is -1.24. The minimum atomic E-state index is -2.16. The fourth-order valence-electron chi connectivity index (χ4n) is 28.6. The van der Waals surface area contributed by atoms with Crippen LogP contribution in [-0.2, 0) is 80.8 Å². The average molecular weight is 1840 g/mol. The Morgan fingerprint density at radius 1 is 0.535 bits per heavy atom. The number of carbonyl (C=O) groups is 4. The Morgan fingerprint density at radius 3 is 1.79 bits per heavy atom. The van der Waals surface area contributed by atoms with Crippen molar-refractivity contribution in [3.63, 3.8) is 0 Å². The van der Waals surface area contributed by atoms with Crippen LogP contribution in [0.4, 0.5) is 0 Å². The molecule has 0 aromatic carbocycles. The molecule has 736 valence electrons. The molecular formula is C92H148N2O35. The van der Waals surface area contributed by atoms with Gasteiger partial charge in [-0.1, -0.05) is 74.0 Å². The van der Waals surface area contributed by atoms with E-state index in [1.807, 2.05) is 0 Å². The second-order valence-corrected chi connectivity index (χ2v) is 43.6. The van der Waals surface area contributed by atoms with Crippen LogP contribution in [0.1, 0.15) is 198 Å². The molecule has 0 aromatic rings. The fraction of sp³-hybridized carbons (Fsp3) is 0.935. The van der Waals surface area contributed by atoms with Gasteiger partial charge in [-0.15, -0.1) is 0 Å². The average Bonchev–Trinajstić information content (AvgIpc) is 1.32. The lowest BCUT2D eigenvalue weighted by molar-refractivity contribution is -0.391. The lowest BCUT2D eigenvalue weighted by atomic mass is 9.33. The van der Waals surface area contributed by atoms with Gasteiger partial charge in [-0.05, 0) is 215 Å². The van der Waals surface area contributed by atoms with E-state index in [-0.39, 0.29) is 79.4 Å². The van der Waals surface area contributed by atoms with Crippen LogP contribution in [0.15, 0.2) is 11.6 Å². The maximum absolute atomic E-state index is 16.0. The van der Waals surface area contributed by atoms with E-state index in [0.717, 1.165) is 63.2 Å². The van der Waals surface area contributed by atoms with Crippen LogP contribution >= 0.6 is 0 Å². The summed E-state index contributed by atoms with van der Waals surface area (Å²) >= 11 is 0. The molecule has 129 heavy (non-hydrogen) atoms. The SMILES string of the molecule is COC1C(O)C(C)OC(OC2C(OC(=O)[C@]34CCC(C)(C)CC3C3=CCC5[C@@]6(C)CC[C@H](OC7OC(C(=O)NCCNC(=O)CC[C@@H](C)[C@H]8CC[C@H]9[C@@H]%10CC[C@@H]%11C[C@H](O)CC[C@]%11(C)[C@H]%10C[C@H](O)[C@]89C)C(O)C(OC8OCC(O)C(O)C8O)C7OC7OC(CO)C(O)C(O)C7O)[C@@](C)(C=O)C6CC[C@@]5(C)[C@]3(C)C[C@H]4O)OC(C)C(O)C2O)C1OC1OC(CO)C(O)C(O)C1O. The highest BCUT2D eigenvalue weighted by Crippen LogP contribution is 2.77. The summed E-state index contributed by atoms with van der Waals surface area (Å²) < 4.78 is 81.2. The van der Waals surface area contributed by atoms with E-state index in [1.54, 1.807) is 6.92 Å². The highest BCUT2D eigenvalue weighted by Gasteiger charge is 2.74. The summed E-state index contributed by atoms with van der Waals surface area (Å²) in [6.45, 7) is 19.5. The summed E-state index contributed by atoms with van der Waals surface area (Å²) in [5.74, 6) is -1.63. The van der Waals surface area contributed by atoms with Gasteiger partial charge >= 0.3 is 5.97 Å². The second-order valence-electron chi connectivity index (χ2n) is 43.6. The first-order valence-corrected chi connectivity index (χ1v) is 47.5. The van der Waals surface area contributed by atoms with Crippen molar-refractivity contribution in [1.82, 2.24) is 10.6 Å². The molecule has 20 N–H and O–H groups in total. The highest BCUT2D eigenvalue weighted by molar-refractivity contribution is 5.82. The molecule has 8 saturated carbocycles. The van der Waals surface area contributed by atoms with Crippen molar-refractivity contribution in [2.24, 2.45) is 96.6 Å². The Morgan fingerprint density at radius 2 is 1.14 bits per heavy atom. The minimum absolute atomic E-state index is 0.0439. The summed E-state index contributed by atoms with van der Waals surface area (Å²) in [7, 11) is 1.24. The number of allylic oxidation sites excluding steroid dienone is 2. The van der Waals surface area contributed by atoms with Gasteiger partial charge in [0.25, 0.3) is 5.91 Å². The zero-order valence-electron chi connectivity index (χ0n) is 76.4. The molecule has 15 rings (SSSR count). The van der Waals surface area contributed by atoms with Crippen molar-refractivity contribution in [2.45, 2.75) is 401 Å². The molecule has 9 aliphatic carbocycles. The van der Waals surface area contributed by atoms with Gasteiger partial charge in [0.05, 0.1) is 61.9 Å². The van der Waals surface area contributed by atoms with Gasteiger partial charge in [0.2, 0.25) is 12.2 Å². The molecule has 49 atom stereocenters. The lowest BCUT2D eigenvalue weighted by Crippen LogP contribution is -2.70. The summed E-state index contributed by atoms with van der Waals surface area (Å²) in [4.78, 5) is 59.5. The minimum Gasteiger partial charge on any atom is -0.432 e. The van der Waals surface area contributed by atoms with Crippen molar-refractivity contribution in [2.75, 3.05) is 40.0 Å². The van der Waals surface area contributed by atoms with E-state index < -0.39 is 272 Å². The Hall–Kier alpha value is -3.38. The van der Waals surface area contributed by atoms with Crippen LogP contribution in [0.5, 0.6) is 0 Å². The largest absolute Gasteiger partial charge is 0.432 e. The zero-order valence-corrected chi connectivity index (χ0v) is 76.4. The fourth-order valence-corrected chi connectivity index (χ4v) is 28.6. The molecule has 0 bridgehead atoms. The number of hydrogen-bond acceptors (Lipinski definition) is 35. The predicted molar refractivity (Wildman–Crippen MR) is 446 cm³/mol. The smallest absolute Gasteiger partial charge is 0.317 e. The van der Waals surface area contributed by atoms with Crippen molar-refractivity contribution in [3.8, 4) is 0 Å². The third-order valence-corrected chi connectivity index (χ3v) is 36.5. The van der Waals surface area contributed by atoms with Gasteiger partial charge in [-0.3, -0.25) is 14.4 Å². The maximum atomic E-state index is 16.0. The van der Waals surface area contributed by atoms with Crippen LogP contribution in [0, 0.1) is 96.6 Å². The highest BCUT2D eigenvalue weighted by atomic mass is 16.8. The number of hydrogen-bond donors (Lipinski definition) is 20. The zero-order chi connectivity index (χ0) is 93.5. The van der Waals surface area contributed by atoms with Crippen molar-refractivity contribution < 1.29 is 173 Å². The number of aliphatic hydroxyl groups excluding tert-OH is 18. The molecule has 0 radical (unpaired) electrons. The summed E-state index contributed by atoms with van der Waals surface area (Å²) in [6.07, 6.45) is -40.9. The van der Waals surface area contributed by atoms with E-state index in [2.05, 4.69) is 72.1 Å². The number of ether oxygens (including phenoxy) is 13. The molecule has 37 nitrogen and oxygen atoms in total. The number of methoxy groups -OCH3 is 1.